The summed E-state index contributed by atoms with van der Waals surface area (Å²) in [6.45, 7) is 3.07. The van der Waals surface area contributed by atoms with Gasteiger partial charge < -0.3 is 26.3 Å². The van der Waals surface area contributed by atoms with Crippen molar-refractivity contribution in [3.63, 3.8) is 0 Å². The van der Waals surface area contributed by atoms with E-state index in [1.807, 2.05) is 66.7 Å². The number of Topliss-reactive ketones (excluding diaryl/α,β-unsaturated/α-hetero) is 2. The Bertz CT molecular complexity index is 1760. The van der Waals surface area contributed by atoms with Crippen molar-refractivity contribution in [2.45, 2.75) is 13.8 Å². The Morgan fingerprint density at radius 1 is 0.610 bits per heavy atom. The van der Waals surface area contributed by atoms with Gasteiger partial charge in [0.2, 0.25) is 0 Å². The van der Waals surface area contributed by atoms with E-state index in [4.69, 9.17) is 29.4 Å². The Morgan fingerprint density at radius 2 is 1.02 bits per heavy atom. The summed E-state index contributed by atoms with van der Waals surface area (Å²) in [5.74, 6) is 0.774. The van der Waals surface area contributed by atoms with E-state index >= 15 is 0 Å². The second-order valence-electron chi connectivity index (χ2n) is 9.32. The van der Waals surface area contributed by atoms with E-state index in [2.05, 4.69) is 26.3 Å². The standard InChI is InChI=1S/C31H26N6O2S2/c1-18(38)20-3-9-23(10-4-20)32-30(40)33-25-13-7-22(8-14-25)29-36-27-16-15-26(17-28(27)37-29)35-31(41)34-24-11-5-21(6-12-24)19(2)39/h3-17H,1-2H3,(H,36,37)(H2,32,33,40)(H2,34,35,41). The SMILES string of the molecule is CC(=O)c1ccc(NC(=S)Nc2ccc(-c3nc4ccc(NC(=S)Nc5ccc(C(C)=O)cc5)cc4[nH]3)cc2)cc1. The quantitative estimate of drug-likeness (QED) is 0.101. The van der Waals surface area contributed by atoms with Crippen LogP contribution in [0, 0.1) is 0 Å². The molecule has 0 unspecified atom stereocenters. The smallest absolute Gasteiger partial charge is 0.175 e. The van der Waals surface area contributed by atoms with Crippen LogP contribution in [0.25, 0.3) is 22.4 Å². The summed E-state index contributed by atoms with van der Waals surface area (Å²) in [6.07, 6.45) is 0. The Balaban J connectivity index is 1.20. The number of carbonyl (C=O) groups excluding carboxylic acids is 2. The molecular weight excluding hydrogens is 553 g/mol. The number of aromatic amines is 1. The molecule has 0 fully saturated rings. The molecule has 0 saturated carbocycles. The number of aromatic nitrogens is 2. The van der Waals surface area contributed by atoms with Crippen molar-refractivity contribution in [2.75, 3.05) is 21.3 Å². The molecule has 4 aromatic carbocycles. The van der Waals surface area contributed by atoms with Gasteiger partial charge in [-0.3, -0.25) is 9.59 Å². The topological polar surface area (TPSA) is 111 Å². The number of hydrogen-bond donors (Lipinski definition) is 5. The molecule has 0 saturated heterocycles. The molecule has 0 aliphatic carbocycles. The highest BCUT2D eigenvalue weighted by Crippen LogP contribution is 2.24. The van der Waals surface area contributed by atoms with Crippen molar-refractivity contribution in [1.29, 1.82) is 0 Å². The fourth-order valence-corrected chi connectivity index (χ4v) is 4.57. The first-order chi connectivity index (χ1) is 19.7. The minimum absolute atomic E-state index is 0.0175. The van der Waals surface area contributed by atoms with E-state index in [0.717, 1.165) is 45.2 Å². The van der Waals surface area contributed by atoms with E-state index in [1.54, 1.807) is 24.3 Å². The molecule has 0 atom stereocenters. The normalized spacial score (nSPS) is 10.6. The molecule has 0 aliphatic rings. The average Bonchev–Trinajstić information content (AvgIpc) is 3.37. The number of hydrogen-bond acceptors (Lipinski definition) is 5. The lowest BCUT2D eigenvalue weighted by Crippen LogP contribution is -2.19. The van der Waals surface area contributed by atoms with Crippen LogP contribution < -0.4 is 21.3 Å². The number of ketones is 2. The van der Waals surface area contributed by atoms with Crippen molar-refractivity contribution >= 4 is 80.0 Å². The van der Waals surface area contributed by atoms with Crippen molar-refractivity contribution < 1.29 is 9.59 Å². The number of imidazole rings is 1. The Kier molecular flexibility index (Phi) is 8.14. The van der Waals surface area contributed by atoms with Crippen molar-refractivity contribution in [2.24, 2.45) is 0 Å². The van der Waals surface area contributed by atoms with Crippen LogP contribution in [0.5, 0.6) is 0 Å². The molecule has 5 N–H and O–H groups in total. The van der Waals surface area contributed by atoms with Crippen LogP contribution in [0.15, 0.2) is 91.0 Å². The summed E-state index contributed by atoms with van der Waals surface area (Å²) in [4.78, 5) is 31.0. The maximum absolute atomic E-state index is 11.5. The molecule has 0 spiro atoms. The molecular formula is C31H26N6O2S2. The Hall–Kier alpha value is -4.93. The van der Waals surface area contributed by atoms with Gasteiger partial charge in [0.15, 0.2) is 21.8 Å². The molecule has 41 heavy (non-hydrogen) atoms. The number of nitrogens with zero attached hydrogens (tertiary/aromatic N) is 1. The maximum Gasteiger partial charge on any atom is 0.175 e. The van der Waals surface area contributed by atoms with Gasteiger partial charge in [0.1, 0.15) is 5.82 Å². The van der Waals surface area contributed by atoms with Crippen LogP contribution in [-0.4, -0.2) is 31.8 Å². The molecule has 204 valence electrons. The fourth-order valence-electron chi connectivity index (χ4n) is 4.10. The summed E-state index contributed by atoms with van der Waals surface area (Å²) >= 11 is 10.9. The Morgan fingerprint density at radius 3 is 1.49 bits per heavy atom. The lowest BCUT2D eigenvalue weighted by atomic mass is 10.1. The number of carbonyl (C=O) groups is 2. The zero-order chi connectivity index (χ0) is 28.9. The number of H-pyrrole nitrogens is 1. The summed E-state index contributed by atoms with van der Waals surface area (Å²) in [5, 5.41) is 13.5. The fraction of sp³-hybridized carbons (Fsp3) is 0.0645. The molecule has 5 rings (SSSR count). The van der Waals surface area contributed by atoms with Crippen LogP contribution in [0.2, 0.25) is 0 Å². The van der Waals surface area contributed by atoms with Crippen molar-refractivity contribution in [3.8, 4) is 11.4 Å². The molecule has 0 aliphatic heterocycles. The van der Waals surface area contributed by atoms with Gasteiger partial charge in [-0.1, -0.05) is 0 Å². The first kappa shape index (κ1) is 27.6. The van der Waals surface area contributed by atoms with Crippen LogP contribution in [0.1, 0.15) is 34.6 Å². The number of thiocarbonyl (C=S) groups is 2. The van der Waals surface area contributed by atoms with Crippen LogP contribution in [0.4, 0.5) is 22.7 Å². The van der Waals surface area contributed by atoms with Gasteiger partial charge in [-0.05, 0) is 129 Å². The van der Waals surface area contributed by atoms with Gasteiger partial charge in [0.05, 0.1) is 11.0 Å². The lowest BCUT2D eigenvalue weighted by Gasteiger charge is -2.11. The summed E-state index contributed by atoms with van der Waals surface area (Å²) < 4.78 is 0. The third-order valence-electron chi connectivity index (χ3n) is 6.25. The highest BCUT2D eigenvalue weighted by molar-refractivity contribution is 7.81. The van der Waals surface area contributed by atoms with Crippen molar-refractivity contribution in [3.05, 3.63) is 102 Å². The first-order valence-electron chi connectivity index (χ1n) is 12.7. The minimum atomic E-state index is 0.0175. The van der Waals surface area contributed by atoms with Gasteiger partial charge in [-0.25, -0.2) is 4.98 Å². The van der Waals surface area contributed by atoms with E-state index in [-0.39, 0.29) is 11.6 Å². The third kappa shape index (κ3) is 6.99. The summed E-state index contributed by atoms with van der Waals surface area (Å²) in [7, 11) is 0. The predicted octanol–water partition coefficient (Wildman–Crippen LogP) is 7.25. The summed E-state index contributed by atoms with van der Waals surface area (Å²) in [6, 6.07) is 27.8. The minimum Gasteiger partial charge on any atom is -0.338 e. The number of benzene rings is 4. The predicted molar refractivity (Wildman–Crippen MR) is 174 cm³/mol. The second kappa shape index (κ2) is 12.1. The molecule has 5 aromatic rings. The number of nitrogens with one attached hydrogen (secondary N) is 5. The molecule has 0 amide bonds. The highest BCUT2D eigenvalue weighted by atomic mass is 32.1. The van der Waals surface area contributed by atoms with Gasteiger partial charge in [-0.15, -0.1) is 0 Å². The zero-order valence-corrected chi connectivity index (χ0v) is 23.9. The van der Waals surface area contributed by atoms with E-state index in [1.165, 1.54) is 13.8 Å². The molecule has 1 aromatic heterocycles. The molecule has 10 heteroatoms. The Labute approximate surface area is 247 Å². The first-order valence-corrected chi connectivity index (χ1v) is 13.5. The lowest BCUT2D eigenvalue weighted by molar-refractivity contribution is 0.100. The average molecular weight is 579 g/mol. The summed E-state index contributed by atoms with van der Waals surface area (Å²) in [5.41, 5.74) is 7.12. The zero-order valence-electron chi connectivity index (χ0n) is 22.2. The number of fused-ring (bicyclic) bond motifs is 1. The van der Waals surface area contributed by atoms with Crippen LogP contribution in [0.3, 0.4) is 0 Å². The van der Waals surface area contributed by atoms with Crippen LogP contribution in [-0.2, 0) is 0 Å². The van der Waals surface area contributed by atoms with Gasteiger partial charge in [0, 0.05) is 39.4 Å². The van der Waals surface area contributed by atoms with Gasteiger partial charge in [0.25, 0.3) is 0 Å². The molecule has 8 nitrogen and oxygen atoms in total. The molecule has 1 heterocycles. The van der Waals surface area contributed by atoms with E-state index in [9.17, 15) is 9.59 Å². The third-order valence-corrected chi connectivity index (χ3v) is 6.66. The highest BCUT2D eigenvalue weighted by Gasteiger charge is 2.09. The van der Waals surface area contributed by atoms with E-state index < -0.39 is 0 Å². The largest absolute Gasteiger partial charge is 0.338 e. The van der Waals surface area contributed by atoms with Crippen LogP contribution >= 0.6 is 24.4 Å². The monoisotopic (exact) mass is 578 g/mol. The van der Waals surface area contributed by atoms with E-state index in [0.29, 0.717) is 21.4 Å². The second-order valence-corrected chi connectivity index (χ2v) is 10.1. The maximum atomic E-state index is 11.5. The van der Waals surface area contributed by atoms with Crippen molar-refractivity contribution in [1.82, 2.24) is 9.97 Å². The number of rotatable bonds is 7. The number of anilines is 4. The molecule has 0 radical (unpaired) electrons. The van der Waals surface area contributed by atoms with Gasteiger partial charge >= 0.3 is 0 Å². The van der Waals surface area contributed by atoms with Gasteiger partial charge in [-0.2, -0.15) is 0 Å². The molecule has 0 bridgehead atoms.